The Labute approximate surface area is 158 Å². The summed E-state index contributed by atoms with van der Waals surface area (Å²) in [4.78, 5) is 12.7. The number of azo groups is 1. The molecule has 7 nitrogen and oxygen atoms in total. The lowest BCUT2D eigenvalue weighted by molar-refractivity contribution is 0.0512. The topological polar surface area (TPSA) is 78.1 Å². The average Bonchev–Trinajstić information content (AvgIpc) is 3.48. The molecule has 7 heteroatoms. The average molecular weight is 368 g/mol. The SMILES string of the molecule is CCOC(=O)c1c(N=Nc2ccccc2)c(C2CCOCC2)nn1C1CC1. The van der Waals surface area contributed by atoms with Crippen LogP contribution in [0.5, 0.6) is 0 Å². The Morgan fingerprint density at radius 2 is 1.93 bits per heavy atom. The molecule has 1 aliphatic carbocycles. The summed E-state index contributed by atoms with van der Waals surface area (Å²) in [6, 6.07) is 9.77. The Bertz CT molecular complexity index is 821. The summed E-state index contributed by atoms with van der Waals surface area (Å²) in [5.74, 6) is -0.158. The van der Waals surface area contributed by atoms with Gasteiger partial charge in [-0.3, -0.25) is 4.68 Å². The fraction of sp³-hybridized carbons (Fsp3) is 0.500. The molecule has 0 spiro atoms. The van der Waals surface area contributed by atoms with Crippen LogP contribution in [0.15, 0.2) is 40.6 Å². The van der Waals surface area contributed by atoms with E-state index in [4.69, 9.17) is 14.6 Å². The molecule has 2 aliphatic rings. The second-order valence-electron chi connectivity index (χ2n) is 6.90. The van der Waals surface area contributed by atoms with Gasteiger partial charge in [-0.2, -0.15) is 10.2 Å². The van der Waals surface area contributed by atoms with Crippen molar-refractivity contribution in [2.45, 2.75) is 44.6 Å². The second-order valence-corrected chi connectivity index (χ2v) is 6.90. The highest BCUT2D eigenvalue weighted by atomic mass is 16.5. The second kappa shape index (κ2) is 8.00. The van der Waals surface area contributed by atoms with Crippen molar-refractivity contribution in [3.63, 3.8) is 0 Å². The lowest BCUT2D eigenvalue weighted by Crippen LogP contribution is -2.15. The molecule has 1 saturated heterocycles. The molecule has 0 radical (unpaired) electrons. The van der Waals surface area contributed by atoms with Gasteiger partial charge in [-0.05, 0) is 44.7 Å². The monoisotopic (exact) mass is 368 g/mol. The number of hydrogen-bond acceptors (Lipinski definition) is 6. The Hall–Kier alpha value is -2.54. The van der Waals surface area contributed by atoms with E-state index in [9.17, 15) is 4.79 Å². The van der Waals surface area contributed by atoms with E-state index in [2.05, 4.69) is 10.2 Å². The van der Waals surface area contributed by atoms with Crippen molar-refractivity contribution in [1.29, 1.82) is 0 Å². The summed E-state index contributed by atoms with van der Waals surface area (Å²) in [5, 5.41) is 13.7. The first kappa shape index (κ1) is 17.9. The van der Waals surface area contributed by atoms with Crippen molar-refractivity contribution >= 4 is 17.3 Å². The van der Waals surface area contributed by atoms with Gasteiger partial charge in [-0.15, -0.1) is 5.11 Å². The fourth-order valence-electron chi connectivity index (χ4n) is 3.36. The van der Waals surface area contributed by atoms with Gasteiger partial charge < -0.3 is 9.47 Å². The number of aromatic nitrogens is 2. The number of benzene rings is 1. The Kier molecular flexibility index (Phi) is 5.29. The van der Waals surface area contributed by atoms with Gasteiger partial charge in [-0.1, -0.05) is 18.2 Å². The zero-order valence-corrected chi connectivity index (χ0v) is 15.5. The summed E-state index contributed by atoms with van der Waals surface area (Å²) in [5.41, 5.74) is 2.56. The van der Waals surface area contributed by atoms with Crippen LogP contribution in [0.1, 0.15) is 60.7 Å². The molecule has 0 unspecified atom stereocenters. The highest BCUT2D eigenvalue weighted by Crippen LogP contribution is 2.42. The molecule has 2 heterocycles. The van der Waals surface area contributed by atoms with Crippen LogP contribution in [-0.2, 0) is 9.47 Å². The highest BCUT2D eigenvalue weighted by molar-refractivity contribution is 5.94. The summed E-state index contributed by atoms with van der Waals surface area (Å²) in [6.45, 7) is 3.52. The number of rotatable bonds is 6. The fourth-order valence-corrected chi connectivity index (χ4v) is 3.36. The van der Waals surface area contributed by atoms with Crippen LogP contribution in [0.3, 0.4) is 0 Å². The molecule has 0 atom stereocenters. The van der Waals surface area contributed by atoms with E-state index < -0.39 is 0 Å². The Balaban J connectivity index is 1.78. The van der Waals surface area contributed by atoms with Gasteiger partial charge in [0.15, 0.2) is 5.69 Å². The smallest absolute Gasteiger partial charge is 0.358 e. The first-order valence-corrected chi connectivity index (χ1v) is 9.62. The minimum absolute atomic E-state index is 0.219. The molecule has 4 rings (SSSR count). The Morgan fingerprint density at radius 3 is 2.59 bits per heavy atom. The Morgan fingerprint density at radius 1 is 1.19 bits per heavy atom. The van der Waals surface area contributed by atoms with Gasteiger partial charge >= 0.3 is 5.97 Å². The number of carbonyl (C=O) groups excluding carboxylic acids is 1. The minimum atomic E-state index is -0.378. The zero-order valence-electron chi connectivity index (χ0n) is 15.5. The van der Waals surface area contributed by atoms with Gasteiger partial charge in [0.05, 0.1) is 24.0 Å². The largest absolute Gasteiger partial charge is 0.461 e. The van der Waals surface area contributed by atoms with Crippen LogP contribution in [-0.4, -0.2) is 35.6 Å². The molecule has 1 aromatic heterocycles. The van der Waals surface area contributed by atoms with Crippen molar-refractivity contribution in [3.05, 3.63) is 41.7 Å². The van der Waals surface area contributed by atoms with Gasteiger partial charge in [0.1, 0.15) is 5.69 Å². The molecule has 2 fully saturated rings. The zero-order chi connectivity index (χ0) is 18.6. The van der Waals surface area contributed by atoms with E-state index in [1.165, 1.54) is 0 Å². The van der Waals surface area contributed by atoms with Crippen LogP contribution < -0.4 is 0 Å². The van der Waals surface area contributed by atoms with Gasteiger partial charge in [-0.25, -0.2) is 4.79 Å². The number of carbonyl (C=O) groups is 1. The van der Waals surface area contributed by atoms with E-state index in [0.29, 0.717) is 31.2 Å². The molecule has 1 aliphatic heterocycles. The maximum absolute atomic E-state index is 12.7. The molecule has 2 aromatic rings. The maximum atomic E-state index is 12.7. The summed E-state index contributed by atoms with van der Waals surface area (Å²) in [7, 11) is 0. The predicted octanol–water partition coefficient (Wildman–Crippen LogP) is 4.70. The number of nitrogens with zero attached hydrogens (tertiary/aromatic N) is 4. The third-order valence-electron chi connectivity index (χ3n) is 4.90. The normalized spacial score (nSPS) is 18.1. The van der Waals surface area contributed by atoms with Gasteiger partial charge in [0.2, 0.25) is 0 Å². The third kappa shape index (κ3) is 3.93. The molecule has 0 N–H and O–H groups in total. The van der Waals surface area contributed by atoms with Gasteiger partial charge in [0.25, 0.3) is 0 Å². The van der Waals surface area contributed by atoms with E-state index in [1.54, 1.807) is 6.92 Å². The molecular formula is C20H24N4O3. The van der Waals surface area contributed by atoms with Crippen LogP contribution in [0.25, 0.3) is 0 Å². The molecule has 142 valence electrons. The first-order valence-electron chi connectivity index (χ1n) is 9.62. The van der Waals surface area contributed by atoms with Crippen molar-refractivity contribution < 1.29 is 14.3 Å². The predicted molar refractivity (Wildman–Crippen MR) is 99.9 cm³/mol. The first-order chi connectivity index (χ1) is 13.3. The van der Waals surface area contributed by atoms with E-state index >= 15 is 0 Å². The number of hydrogen-bond donors (Lipinski definition) is 0. The number of ether oxygens (including phenoxy) is 2. The van der Waals surface area contributed by atoms with E-state index in [0.717, 1.165) is 37.1 Å². The van der Waals surface area contributed by atoms with Crippen molar-refractivity contribution in [1.82, 2.24) is 9.78 Å². The molecular weight excluding hydrogens is 344 g/mol. The standard InChI is InChI=1S/C20H24N4O3/c1-2-27-20(25)19-18(22-21-15-6-4-3-5-7-15)17(14-10-12-26-13-11-14)23-24(19)16-8-9-16/h3-7,14,16H,2,8-13H2,1H3. The van der Waals surface area contributed by atoms with Crippen molar-refractivity contribution in [3.8, 4) is 0 Å². The molecule has 1 saturated carbocycles. The van der Waals surface area contributed by atoms with Crippen LogP contribution >= 0.6 is 0 Å². The lowest BCUT2D eigenvalue weighted by atomic mass is 9.95. The number of esters is 1. The summed E-state index contributed by atoms with van der Waals surface area (Å²) < 4.78 is 12.6. The molecule has 27 heavy (non-hydrogen) atoms. The molecule has 0 bridgehead atoms. The van der Waals surface area contributed by atoms with E-state index in [-0.39, 0.29) is 17.9 Å². The van der Waals surface area contributed by atoms with Crippen molar-refractivity contribution in [2.75, 3.05) is 19.8 Å². The van der Waals surface area contributed by atoms with Crippen molar-refractivity contribution in [2.24, 2.45) is 10.2 Å². The minimum Gasteiger partial charge on any atom is -0.461 e. The molecule has 1 aromatic carbocycles. The lowest BCUT2D eigenvalue weighted by Gasteiger charge is -2.20. The molecule has 0 amide bonds. The third-order valence-corrected chi connectivity index (χ3v) is 4.90. The van der Waals surface area contributed by atoms with Gasteiger partial charge in [0, 0.05) is 19.1 Å². The summed E-state index contributed by atoms with van der Waals surface area (Å²) in [6.07, 6.45) is 3.79. The van der Waals surface area contributed by atoms with Crippen LogP contribution in [0.4, 0.5) is 11.4 Å². The van der Waals surface area contributed by atoms with E-state index in [1.807, 2.05) is 35.0 Å². The summed E-state index contributed by atoms with van der Waals surface area (Å²) >= 11 is 0. The van der Waals surface area contributed by atoms with Crippen LogP contribution in [0.2, 0.25) is 0 Å². The van der Waals surface area contributed by atoms with Crippen LogP contribution in [0, 0.1) is 0 Å². The quantitative estimate of drug-likeness (QED) is 0.547. The highest BCUT2D eigenvalue weighted by Gasteiger charge is 2.36. The maximum Gasteiger partial charge on any atom is 0.358 e.